The van der Waals surface area contributed by atoms with Crippen molar-refractivity contribution in [2.45, 2.75) is 62.9 Å². The first-order valence-corrected chi connectivity index (χ1v) is 12.3. The van der Waals surface area contributed by atoms with E-state index in [9.17, 15) is 29.4 Å². The molecule has 5 atom stereocenters. The summed E-state index contributed by atoms with van der Waals surface area (Å²) in [4.78, 5) is 52.4. The average molecular weight is 511 g/mol. The van der Waals surface area contributed by atoms with Crippen LogP contribution in [0.2, 0.25) is 0 Å². The van der Waals surface area contributed by atoms with Gasteiger partial charge in [0.2, 0.25) is 17.7 Å². The lowest BCUT2D eigenvalue weighted by Crippen LogP contribution is -2.58. The van der Waals surface area contributed by atoms with Gasteiger partial charge in [0, 0.05) is 13.0 Å². The fourth-order valence-electron chi connectivity index (χ4n) is 4.44. The minimum Gasteiger partial charge on any atom is -0.480 e. The molecule has 37 heavy (non-hydrogen) atoms. The summed E-state index contributed by atoms with van der Waals surface area (Å²) in [6, 6.07) is 14.0. The first-order valence-electron chi connectivity index (χ1n) is 12.3. The number of hydrogen-bond acceptors (Lipinski definition) is 6. The van der Waals surface area contributed by atoms with Gasteiger partial charge in [0.15, 0.2) is 6.04 Å². The highest BCUT2D eigenvalue weighted by Gasteiger charge is 2.38. The number of amides is 3. The van der Waals surface area contributed by atoms with E-state index in [1.807, 2.05) is 36.4 Å². The molecule has 0 saturated carbocycles. The average Bonchev–Trinajstić information content (AvgIpc) is 3.37. The number of carbonyl (C=O) groups is 4. The Labute approximate surface area is 215 Å². The van der Waals surface area contributed by atoms with Crippen molar-refractivity contribution >= 4 is 23.7 Å². The molecule has 1 aliphatic rings. The summed E-state index contributed by atoms with van der Waals surface area (Å²) < 4.78 is 0. The van der Waals surface area contributed by atoms with Gasteiger partial charge in [0.1, 0.15) is 12.1 Å². The number of likely N-dealkylation sites (tertiary alicyclic amines) is 1. The number of nitrogens with two attached hydrogens (primary N) is 1. The normalized spacial score (nSPS) is 18.4. The second kappa shape index (κ2) is 13.0. The predicted molar refractivity (Wildman–Crippen MR) is 136 cm³/mol. The molecule has 5 unspecified atom stereocenters. The molecule has 0 aliphatic carbocycles. The Morgan fingerprint density at radius 1 is 0.973 bits per heavy atom. The van der Waals surface area contributed by atoms with Gasteiger partial charge in [-0.3, -0.25) is 14.4 Å². The summed E-state index contributed by atoms with van der Waals surface area (Å²) in [6.45, 7) is 1.63. The second-order valence-corrected chi connectivity index (χ2v) is 9.30. The van der Waals surface area contributed by atoms with Gasteiger partial charge in [0.25, 0.3) is 0 Å². The number of hydrogen-bond donors (Lipinski definition) is 5. The van der Waals surface area contributed by atoms with E-state index < -0.39 is 48.1 Å². The van der Waals surface area contributed by atoms with Crippen molar-refractivity contribution in [2.75, 3.05) is 6.54 Å². The molecule has 0 radical (unpaired) electrons. The van der Waals surface area contributed by atoms with Crippen LogP contribution in [0, 0.1) is 0 Å². The number of nitrogens with one attached hydrogen (secondary N) is 2. The molecule has 3 rings (SSSR count). The van der Waals surface area contributed by atoms with Crippen molar-refractivity contribution in [1.82, 2.24) is 15.5 Å². The number of benzene rings is 2. The van der Waals surface area contributed by atoms with Crippen LogP contribution in [-0.4, -0.2) is 75.6 Å². The van der Waals surface area contributed by atoms with Crippen molar-refractivity contribution in [3.05, 3.63) is 71.8 Å². The SMILES string of the molecule is CC(O)C(NC(=O)C(Cc1ccccc1)NC(=O)C1CCCN1C(=O)C(N)Cc1ccccc1)C(=O)O. The maximum Gasteiger partial charge on any atom is 0.328 e. The molecule has 1 aliphatic heterocycles. The summed E-state index contributed by atoms with van der Waals surface area (Å²) >= 11 is 0. The highest BCUT2D eigenvalue weighted by molar-refractivity contribution is 5.94. The molecule has 10 heteroatoms. The van der Waals surface area contributed by atoms with Crippen LogP contribution in [0.4, 0.5) is 0 Å². The summed E-state index contributed by atoms with van der Waals surface area (Å²) in [7, 11) is 0. The van der Waals surface area contributed by atoms with Gasteiger partial charge in [-0.2, -0.15) is 0 Å². The number of carboxylic acids is 1. The van der Waals surface area contributed by atoms with E-state index in [2.05, 4.69) is 10.6 Å². The lowest BCUT2D eigenvalue weighted by molar-refractivity contribution is -0.145. The van der Waals surface area contributed by atoms with Crippen molar-refractivity contribution in [3.8, 4) is 0 Å². The Morgan fingerprint density at radius 3 is 2.08 bits per heavy atom. The molecular weight excluding hydrogens is 476 g/mol. The molecule has 6 N–H and O–H groups in total. The maximum atomic E-state index is 13.3. The van der Waals surface area contributed by atoms with Crippen molar-refractivity contribution in [3.63, 3.8) is 0 Å². The first-order chi connectivity index (χ1) is 17.7. The van der Waals surface area contributed by atoms with Gasteiger partial charge in [-0.05, 0) is 37.3 Å². The summed E-state index contributed by atoms with van der Waals surface area (Å²) in [5, 5.41) is 24.1. The Bertz CT molecular complexity index is 1080. The van der Waals surface area contributed by atoms with Gasteiger partial charge in [-0.25, -0.2) is 4.79 Å². The monoisotopic (exact) mass is 510 g/mol. The second-order valence-electron chi connectivity index (χ2n) is 9.30. The fourth-order valence-corrected chi connectivity index (χ4v) is 4.44. The first kappa shape index (κ1) is 27.8. The van der Waals surface area contributed by atoms with E-state index in [4.69, 9.17) is 5.73 Å². The zero-order chi connectivity index (χ0) is 26.9. The van der Waals surface area contributed by atoms with Crippen LogP contribution >= 0.6 is 0 Å². The molecule has 0 aromatic heterocycles. The summed E-state index contributed by atoms with van der Waals surface area (Å²) in [5.41, 5.74) is 7.85. The highest BCUT2D eigenvalue weighted by Crippen LogP contribution is 2.20. The molecule has 198 valence electrons. The van der Waals surface area contributed by atoms with Gasteiger partial charge in [-0.1, -0.05) is 60.7 Å². The number of carbonyl (C=O) groups excluding carboxylic acids is 3. The molecule has 0 bridgehead atoms. The molecule has 10 nitrogen and oxygen atoms in total. The number of aliphatic hydroxyl groups excluding tert-OH is 1. The molecule has 1 heterocycles. The molecule has 1 saturated heterocycles. The van der Waals surface area contributed by atoms with Crippen LogP contribution in [0.3, 0.4) is 0 Å². The van der Waals surface area contributed by atoms with Crippen LogP contribution in [0.25, 0.3) is 0 Å². The highest BCUT2D eigenvalue weighted by atomic mass is 16.4. The van der Waals surface area contributed by atoms with E-state index in [1.165, 1.54) is 11.8 Å². The number of aliphatic hydroxyl groups is 1. The van der Waals surface area contributed by atoms with Crippen LogP contribution < -0.4 is 16.4 Å². The molecule has 1 fully saturated rings. The topological polar surface area (TPSA) is 162 Å². The Hall–Kier alpha value is -3.76. The van der Waals surface area contributed by atoms with E-state index in [0.29, 0.717) is 25.8 Å². The van der Waals surface area contributed by atoms with Crippen LogP contribution in [-0.2, 0) is 32.0 Å². The van der Waals surface area contributed by atoms with E-state index in [1.54, 1.807) is 24.3 Å². The third-order valence-corrected chi connectivity index (χ3v) is 6.42. The number of nitrogens with zero attached hydrogens (tertiary/aromatic N) is 1. The minimum absolute atomic E-state index is 0.0960. The Morgan fingerprint density at radius 2 is 1.54 bits per heavy atom. The van der Waals surface area contributed by atoms with E-state index in [0.717, 1.165) is 11.1 Å². The van der Waals surface area contributed by atoms with Gasteiger partial charge >= 0.3 is 5.97 Å². The largest absolute Gasteiger partial charge is 0.480 e. The zero-order valence-corrected chi connectivity index (χ0v) is 20.7. The standard InChI is InChI=1S/C27H34N4O6/c1-17(32)23(27(36)37)30-24(33)21(16-19-11-6-3-7-12-19)29-25(34)22-13-8-14-31(22)26(35)20(28)15-18-9-4-2-5-10-18/h2-7,9-12,17,20-23,32H,8,13-16,28H2,1H3,(H,29,34)(H,30,33)(H,36,37). The lowest BCUT2D eigenvalue weighted by Gasteiger charge is -2.29. The Balaban J connectivity index is 1.73. The van der Waals surface area contributed by atoms with Crippen LogP contribution in [0.5, 0.6) is 0 Å². The van der Waals surface area contributed by atoms with E-state index in [-0.39, 0.29) is 12.3 Å². The summed E-state index contributed by atoms with van der Waals surface area (Å²) in [6.07, 6.45) is 0.114. The fraction of sp³-hybridized carbons (Fsp3) is 0.407. The summed E-state index contributed by atoms with van der Waals surface area (Å²) in [5.74, 6) is -3.00. The minimum atomic E-state index is -1.54. The maximum absolute atomic E-state index is 13.3. The molecule has 3 amide bonds. The van der Waals surface area contributed by atoms with Crippen molar-refractivity contribution < 1.29 is 29.4 Å². The number of carboxylic acid groups (broad SMARTS) is 1. The molecule has 2 aromatic rings. The molecule has 0 spiro atoms. The van der Waals surface area contributed by atoms with Crippen LogP contribution in [0.15, 0.2) is 60.7 Å². The van der Waals surface area contributed by atoms with E-state index >= 15 is 0 Å². The van der Waals surface area contributed by atoms with Crippen molar-refractivity contribution in [2.24, 2.45) is 5.73 Å². The van der Waals surface area contributed by atoms with Gasteiger partial charge < -0.3 is 31.5 Å². The van der Waals surface area contributed by atoms with Crippen molar-refractivity contribution in [1.29, 1.82) is 0 Å². The number of rotatable bonds is 11. The number of aliphatic carboxylic acids is 1. The zero-order valence-electron chi connectivity index (χ0n) is 20.7. The van der Waals surface area contributed by atoms with Gasteiger partial charge in [0.05, 0.1) is 12.1 Å². The quantitative estimate of drug-likeness (QED) is 0.289. The Kier molecular flexibility index (Phi) is 9.76. The third-order valence-electron chi connectivity index (χ3n) is 6.42. The third kappa shape index (κ3) is 7.61. The predicted octanol–water partition coefficient (Wildman–Crippen LogP) is 0.225. The lowest BCUT2D eigenvalue weighted by atomic mass is 10.0. The molecular formula is C27H34N4O6. The smallest absolute Gasteiger partial charge is 0.328 e. The molecule has 2 aromatic carbocycles. The van der Waals surface area contributed by atoms with Gasteiger partial charge in [-0.15, -0.1) is 0 Å². The van der Waals surface area contributed by atoms with Crippen LogP contribution in [0.1, 0.15) is 30.9 Å².